The number of amides is 1. The molecule has 8 heteroatoms. The zero-order chi connectivity index (χ0) is 16.0. The molecule has 0 spiro atoms. The lowest BCUT2D eigenvalue weighted by atomic mass is 10.4. The van der Waals surface area contributed by atoms with Gasteiger partial charge in [0.15, 0.2) is 0 Å². The van der Waals surface area contributed by atoms with Crippen LogP contribution in [0.3, 0.4) is 0 Å². The topological polar surface area (TPSA) is 82.6 Å². The third-order valence-electron chi connectivity index (χ3n) is 3.00. The number of hydrogen-bond acceptors (Lipinski definition) is 5. The number of anilines is 1. The Morgan fingerprint density at radius 2 is 1.86 bits per heavy atom. The zero-order valence-electron chi connectivity index (χ0n) is 12.8. The summed E-state index contributed by atoms with van der Waals surface area (Å²) in [6.07, 6.45) is 1.30. The SMILES string of the molecule is CCN(CC)S(=O)(=O)c1ccc(NCC(=O)N(C)C)nc1. The Labute approximate surface area is 126 Å². The molecule has 1 N–H and O–H groups in total. The molecule has 1 heterocycles. The maximum Gasteiger partial charge on any atom is 0.244 e. The quantitative estimate of drug-likeness (QED) is 0.797. The molecule has 1 rings (SSSR count). The molecule has 1 aromatic heterocycles. The lowest BCUT2D eigenvalue weighted by Crippen LogP contribution is -2.31. The minimum absolute atomic E-state index is 0.0864. The van der Waals surface area contributed by atoms with Crippen molar-refractivity contribution < 1.29 is 13.2 Å². The molecule has 1 aromatic rings. The number of nitrogens with one attached hydrogen (secondary N) is 1. The second kappa shape index (κ2) is 7.37. The third kappa shape index (κ3) is 4.40. The highest BCUT2D eigenvalue weighted by molar-refractivity contribution is 7.89. The molecule has 118 valence electrons. The van der Waals surface area contributed by atoms with Crippen molar-refractivity contribution in [2.45, 2.75) is 18.7 Å². The summed E-state index contributed by atoms with van der Waals surface area (Å²) in [5.41, 5.74) is 0. The highest BCUT2D eigenvalue weighted by Crippen LogP contribution is 2.15. The van der Waals surface area contributed by atoms with Gasteiger partial charge in [0.1, 0.15) is 10.7 Å². The van der Waals surface area contributed by atoms with Crippen LogP contribution in [0.4, 0.5) is 5.82 Å². The number of nitrogens with zero attached hydrogens (tertiary/aromatic N) is 3. The molecule has 0 aliphatic carbocycles. The number of likely N-dealkylation sites (N-methyl/N-ethyl adjacent to an activating group) is 1. The first-order valence-electron chi connectivity index (χ1n) is 6.73. The molecule has 0 saturated heterocycles. The molecule has 0 aliphatic heterocycles. The summed E-state index contributed by atoms with van der Waals surface area (Å²) in [6, 6.07) is 3.04. The van der Waals surface area contributed by atoms with Crippen molar-refractivity contribution >= 4 is 21.7 Å². The molecule has 1 amide bonds. The maximum absolute atomic E-state index is 12.3. The van der Waals surface area contributed by atoms with Crippen LogP contribution in [0, 0.1) is 0 Å². The molecular formula is C13H22N4O3S. The van der Waals surface area contributed by atoms with Gasteiger partial charge >= 0.3 is 0 Å². The van der Waals surface area contributed by atoms with Gasteiger partial charge in [-0.1, -0.05) is 13.8 Å². The van der Waals surface area contributed by atoms with E-state index < -0.39 is 10.0 Å². The Bertz CT molecular complexity index is 566. The maximum atomic E-state index is 12.3. The molecule has 0 radical (unpaired) electrons. The molecule has 21 heavy (non-hydrogen) atoms. The molecule has 0 atom stereocenters. The van der Waals surface area contributed by atoms with Crippen molar-refractivity contribution in [3.8, 4) is 0 Å². The molecule has 0 fully saturated rings. The average molecular weight is 314 g/mol. The highest BCUT2D eigenvalue weighted by atomic mass is 32.2. The van der Waals surface area contributed by atoms with Crippen LogP contribution >= 0.6 is 0 Å². The summed E-state index contributed by atoms with van der Waals surface area (Å²) < 4.78 is 25.9. The van der Waals surface area contributed by atoms with Crippen molar-refractivity contribution in [3.63, 3.8) is 0 Å². The van der Waals surface area contributed by atoms with Crippen LogP contribution < -0.4 is 5.32 Å². The number of aromatic nitrogens is 1. The van der Waals surface area contributed by atoms with Crippen molar-refractivity contribution in [1.29, 1.82) is 0 Å². The van der Waals surface area contributed by atoms with Crippen molar-refractivity contribution in [2.75, 3.05) is 39.0 Å². The zero-order valence-corrected chi connectivity index (χ0v) is 13.6. The summed E-state index contributed by atoms with van der Waals surface area (Å²) in [5, 5.41) is 2.85. The first kappa shape index (κ1) is 17.4. The molecular weight excluding hydrogens is 292 g/mol. The Balaban J connectivity index is 2.81. The molecule has 0 aliphatic rings. The lowest BCUT2D eigenvalue weighted by molar-refractivity contribution is -0.126. The fourth-order valence-electron chi connectivity index (χ4n) is 1.67. The van der Waals surface area contributed by atoms with Gasteiger partial charge < -0.3 is 10.2 Å². The standard InChI is InChI=1S/C13H22N4O3S/c1-5-17(6-2)21(19,20)11-7-8-12(14-9-11)15-10-13(18)16(3)4/h7-9H,5-6,10H2,1-4H3,(H,14,15). The number of hydrogen-bond donors (Lipinski definition) is 1. The van der Waals surface area contributed by atoms with Gasteiger partial charge in [0, 0.05) is 33.4 Å². The highest BCUT2D eigenvalue weighted by Gasteiger charge is 2.21. The first-order valence-corrected chi connectivity index (χ1v) is 8.17. The van der Waals surface area contributed by atoms with E-state index in [1.54, 1.807) is 34.0 Å². The number of sulfonamides is 1. The van der Waals surface area contributed by atoms with Crippen LogP contribution in [0.2, 0.25) is 0 Å². The van der Waals surface area contributed by atoms with Gasteiger partial charge in [0.05, 0.1) is 6.54 Å². The largest absolute Gasteiger partial charge is 0.361 e. The Hall–Kier alpha value is -1.67. The van der Waals surface area contributed by atoms with Crippen molar-refractivity contribution in [3.05, 3.63) is 18.3 Å². The molecule has 0 aromatic carbocycles. The summed E-state index contributed by atoms with van der Waals surface area (Å²) in [6.45, 7) is 4.52. The van der Waals surface area contributed by atoms with E-state index in [0.29, 0.717) is 18.9 Å². The smallest absolute Gasteiger partial charge is 0.244 e. The predicted octanol–water partition coefficient (Wildman–Crippen LogP) is 0.612. The van der Waals surface area contributed by atoms with Gasteiger partial charge in [-0.2, -0.15) is 4.31 Å². The van der Waals surface area contributed by atoms with Gasteiger partial charge in [-0.05, 0) is 12.1 Å². The number of carbonyl (C=O) groups is 1. The Morgan fingerprint density at radius 3 is 2.29 bits per heavy atom. The molecule has 0 unspecified atom stereocenters. The minimum atomic E-state index is -3.49. The van der Waals surface area contributed by atoms with E-state index in [-0.39, 0.29) is 17.3 Å². The fourth-order valence-corrected chi connectivity index (χ4v) is 3.08. The number of rotatable bonds is 7. The van der Waals surface area contributed by atoms with Crippen LogP contribution in [0.1, 0.15) is 13.8 Å². The van der Waals surface area contributed by atoms with E-state index in [0.717, 1.165) is 0 Å². The predicted molar refractivity (Wildman–Crippen MR) is 81.5 cm³/mol. The van der Waals surface area contributed by atoms with Gasteiger partial charge in [-0.25, -0.2) is 13.4 Å². The normalized spacial score (nSPS) is 11.5. The van der Waals surface area contributed by atoms with Gasteiger partial charge in [-0.3, -0.25) is 4.79 Å². The minimum Gasteiger partial charge on any atom is -0.361 e. The Kier molecular flexibility index (Phi) is 6.10. The second-order valence-corrected chi connectivity index (χ2v) is 6.55. The van der Waals surface area contributed by atoms with Crippen LogP contribution in [0.5, 0.6) is 0 Å². The number of carbonyl (C=O) groups excluding carboxylic acids is 1. The summed E-state index contributed by atoms with van der Waals surface area (Å²) in [7, 11) is -0.167. The van der Waals surface area contributed by atoms with E-state index in [2.05, 4.69) is 10.3 Å². The van der Waals surface area contributed by atoms with E-state index >= 15 is 0 Å². The van der Waals surface area contributed by atoms with Crippen LogP contribution in [0.25, 0.3) is 0 Å². The molecule has 0 bridgehead atoms. The molecule has 0 saturated carbocycles. The van der Waals surface area contributed by atoms with Crippen LogP contribution in [0.15, 0.2) is 23.2 Å². The van der Waals surface area contributed by atoms with E-state index in [1.807, 2.05) is 0 Å². The third-order valence-corrected chi connectivity index (χ3v) is 5.03. The van der Waals surface area contributed by atoms with Crippen molar-refractivity contribution in [2.24, 2.45) is 0 Å². The summed E-state index contributed by atoms with van der Waals surface area (Å²) in [4.78, 5) is 17.1. The van der Waals surface area contributed by atoms with Crippen LogP contribution in [-0.4, -0.2) is 62.2 Å². The van der Waals surface area contributed by atoms with E-state index in [4.69, 9.17) is 0 Å². The van der Waals surface area contributed by atoms with Gasteiger partial charge in [-0.15, -0.1) is 0 Å². The Morgan fingerprint density at radius 1 is 1.24 bits per heavy atom. The monoisotopic (exact) mass is 314 g/mol. The summed E-state index contributed by atoms with van der Waals surface area (Å²) in [5.74, 6) is 0.375. The van der Waals surface area contributed by atoms with Gasteiger partial charge in [0.25, 0.3) is 0 Å². The average Bonchev–Trinajstić information content (AvgIpc) is 2.46. The van der Waals surface area contributed by atoms with E-state index in [9.17, 15) is 13.2 Å². The van der Waals surface area contributed by atoms with Gasteiger partial charge in [0.2, 0.25) is 15.9 Å². The summed E-state index contributed by atoms with van der Waals surface area (Å²) >= 11 is 0. The number of pyridine rings is 1. The lowest BCUT2D eigenvalue weighted by Gasteiger charge is -2.18. The van der Waals surface area contributed by atoms with Crippen molar-refractivity contribution in [1.82, 2.24) is 14.2 Å². The first-order chi connectivity index (χ1) is 9.82. The van der Waals surface area contributed by atoms with Crippen LogP contribution in [-0.2, 0) is 14.8 Å². The van der Waals surface area contributed by atoms with E-state index in [1.165, 1.54) is 21.5 Å². The fraction of sp³-hybridized carbons (Fsp3) is 0.538. The molecule has 7 nitrogen and oxygen atoms in total. The second-order valence-electron chi connectivity index (χ2n) is 4.61.